The van der Waals surface area contributed by atoms with E-state index in [9.17, 15) is 4.39 Å². The van der Waals surface area contributed by atoms with Crippen LogP contribution in [-0.2, 0) is 6.54 Å². The fourth-order valence-corrected chi connectivity index (χ4v) is 4.01. The molecule has 1 aromatic heterocycles. The van der Waals surface area contributed by atoms with Crippen molar-refractivity contribution in [2.24, 2.45) is 0 Å². The van der Waals surface area contributed by atoms with E-state index in [1.807, 2.05) is 41.1 Å². The highest BCUT2D eigenvalue weighted by molar-refractivity contribution is 6.33. The molecule has 7 heteroatoms. The third-order valence-corrected chi connectivity index (χ3v) is 5.76. The van der Waals surface area contributed by atoms with Crippen molar-refractivity contribution in [2.45, 2.75) is 19.4 Å². The maximum absolute atomic E-state index is 13.1. The number of halogens is 2. The first-order chi connectivity index (χ1) is 14.2. The summed E-state index contributed by atoms with van der Waals surface area (Å²) < 4.78 is 15.0. The first-order valence-electron chi connectivity index (χ1n) is 10.1. The van der Waals surface area contributed by atoms with Crippen LogP contribution in [0.3, 0.4) is 0 Å². The van der Waals surface area contributed by atoms with Gasteiger partial charge in [0.15, 0.2) is 0 Å². The predicted molar refractivity (Wildman–Crippen MR) is 115 cm³/mol. The second-order valence-electron chi connectivity index (χ2n) is 7.33. The molecule has 1 saturated heterocycles. The summed E-state index contributed by atoms with van der Waals surface area (Å²) in [7, 11) is 0. The van der Waals surface area contributed by atoms with Crippen molar-refractivity contribution in [1.82, 2.24) is 19.9 Å². The SMILES string of the molecule is Fc1ccc(N2CCN(CCCCn3nncc3-c3ccccc3Cl)CC2)cc1. The number of piperazine rings is 1. The molecule has 1 aliphatic heterocycles. The van der Waals surface area contributed by atoms with Crippen LogP contribution in [-0.4, -0.2) is 52.6 Å². The number of rotatable bonds is 7. The lowest BCUT2D eigenvalue weighted by molar-refractivity contribution is 0.251. The first-order valence-corrected chi connectivity index (χ1v) is 10.4. The van der Waals surface area contributed by atoms with Gasteiger partial charge in [-0.25, -0.2) is 9.07 Å². The number of unbranched alkanes of at least 4 members (excludes halogenated alkanes) is 1. The highest BCUT2D eigenvalue weighted by Crippen LogP contribution is 2.26. The van der Waals surface area contributed by atoms with E-state index in [1.165, 1.54) is 12.1 Å². The van der Waals surface area contributed by atoms with E-state index in [-0.39, 0.29) is 5.82 Å². The average Bonchev–Trinajstić information content (AvgIpc) is 3.21. The molecule has 0 amide bonds. The summed E-state index contributed by atoms with van der Waals surface area (Å²) in [5, 5.41) is 9.01. The Hall–Kier alpha value is -2.44. The normalized spacial score (nSPS) is 15.0. The predicted octanol–water partition coefficient (Wildman–Crippen LogP) is 4.34. The van der Waals surface area contributed by atoms with Crippen LogP contribution in [0.15, 0.2) is 54.7 Å². The second kappa shape index (κ2) is 9.37. The Kier molecular flexibility index (Phi) is 6.42. The summed E-state index contributed by atoms with van der Waals surface area (Å²) in [4.78, 5) is 4.82. The highest BCUT2D eigenvalue weighted by atomic mass is 35.5. The number of nitrogens with zero attached hydrogens (tertiary/aromatic N) is 5. The van der Waals surface area contributed by atoms with Gasteiger partial charge in [-0.1, -0.05) is 35.0 Å². The zero-order valence-corrected chi connectivity index (χ0v) is 17.1. The Balaban J connectivity index is 1.22. The van der Waals surface area contributed by atoms with Crippen molar-refractivity contribution in [3.63, 3.8) is 0 Å². The van der Waals surface area contributed by atoms with Crippen molar-refractivity contribution < 1.29 is 4.39 Å². The van der Waals surface area contributed by atoms with Gasteiger partial charge >= 0.3 is 0 Å². The van der Waals surface area contributed by atoms with Gasteiger partial charge in [-0.3, -0.25) is 4.90 Å². The summed E-state index contributed by atoms with van der Waals surface area (Å²) in [6.07, 6.45) is 3.92. The van der Waals surface area contributed by atoms with Crippen molar-refractivity contribution in [3.05, 3.63) is 65.6 Å². The quantitative estimate of drug-likeness (QED) is 0.540. The van der Waals surface area contributed by atoms with Crippen LogP contribution in [0.5, 0.6) is 0 Å². The standard InChI is InChI=1S/C22H25ClFN5/c23-21-6-2-1-5-20(21)22-17-25-26-29(22)12-4-3-11-27-13-15-28(16-14-27)19-9-7-18(24)8-10-19/h1-2,5-10,17H,3-4,11-16H2. The lowest BCUT2D eigenvalue weighted by Crippen LogP contribution is -2.46. The molecule has 4 rings (SSSR count). The molecule has 2 heterocycles. The van der Waals surface area contributed by atoms with Crippen molar-refractivity contribution >= 4 is 17.3 Å². The second-order valence-corrected chi connectivity index (χ2v) is 7.74. The zero-order chi connectivity index (χ0) is 20.1. The van der Waals surface area contributed by atoms with Gasteiger partial charge in [-0.2, -0.15) is 0 Å². The van der Waals surface area contributed by atoms with Crippen molar-refractivity contribution in [1.29, 1.82) is 0 Å². The molecule has 0 unspecified atom stereocenters. The summed E-state index contributed by atoms with van der Waals surface area (Å²) in [5.41, 5.74) is 3.03. The van der Waals surface area contributed by atoms with Gasteiger partial charge in [0.05, 0.1) is 16.9 Å². The number of hydrogen-bond donors (Lipinski definition) is 0. The van der Waals surface area contributed by atoms with Gasteiger partial charge < -0.3 is 4.90 Å². The Bertz CT molecular complexity index is 919. The van der Waals surface area contributed by atoms with Crippen LogP contribution >= 0.6 is 11.6 Å². The molecule has 152 valence electrons. The molecule has 0 atom stereocenters. The molecule has 29 heavy (non-hydrogen) atoms. The molecule has 0 aliphatic carbocycles. The van der Waals surface area contributed by atoms with Gasteiger partial charge in [0.1, 0.15) is 5.82 Å². The Morgan fingerprint density at radius 2 is 1.62 bits per heavy atom. The summed E-state index contributed by atoms with van der Waals surface area (Å²) in [6.45, 7) is 5.93. The largest absolute Gasteiger partial charge is 0.369 e. The smallest absolute Gasteiger partial charge is 0.123 e. The molecular weight excluding hydrogens is 389 g/mol. The number of aryl methyl sites for hydroxylation is 1. The highest BCUT2D eigenvalue weighted by Gasteiger charge is 2.17. The molecule has 0 bridgehead atoms. The van der Waals surface area contributed by atoms with Crippen LogP contribution in [0.1, 0.15) is 12.8 Å². The van der Waals surface area contributed by atoms with Crippen LogP contribution in [0.4, 0.5) is 10.1 Å². The summed E-state index contributed by atoms with van der Waals surface area (Å²) in [6, 6.07) is 14.6. The molecular formula is C22H25ClFN5. The minimum Gasteiger partial charge on any atom is -0.369 e. The lowest BCUT2D eigenvalue weighted by Gasteiger charge is -2.36. The van der Waals surface area contributed by atoms with E-state index in [0.717, 1.165) is 74.1 Å². The minimum absolute atomic E-state index is 0.183. The third kappa shape index (κ3) is 4.95. The van der Waals surface area contributed by atoms with E-state index >= 15 is 0 Å². The molecule has 1 aliphatic rings. The van der Waals surface area contributed by atoms with Gasteiger partial charge in [-0.05, 0) is 49.7 Å². The topological polar surface area (TPSA) is 37.2 Å². The Labute approximate surface area is 175 Å². The molecule has 0 N–H and O–H groups in total. The molecule has 5 nitrogen and oxygen atoms in total. The Morgan fingerprint density at radius 1 is 0.897 bits per heavy atom. The number of benzene rings is 2. The number of anilines is 1. The van der Waals surface area contributed by atoms with E-state index < -0.39 is 0 Å². The van der Waals surface area contributed by atoms with Gasteiger partial charge in [0.2, 0.25) is 0 Å². The van der Waals surface area contributed by atoms with E-state index in [4.69, 9.17) is 11.6 Å². The molecule has 2 aromatic carbocycles. The number of aromatic nitrogens is 3. The molecule has 3 aromatic rings. The Morgan fingerprint density at radius 3 is 2.38 bits per heavy atom. The summed E-state index contributed by atoms with van der Waals surface area (Å²) in [5.74, 6) is -0.183. The maximum atomic E-state index is 13.1. The van der Waals surface area contributed by atoms with Gasteiger partial charge in [0.25, 0.3) is 0 Å². The van der Waals surface area contributed by atoms with Gasteiger partial charge in [-0.15, -0.1) is 5.10 Å². The van der Waals surface area contributed by atoms with Crippen LogP contribution in [0.2, 0.25) is 5.02 Å². The fraction of sp³-hybridized carbons (Fsp3) is 0.364. The maximum Gasteiger partial charge on any atom is 0.123 e. The molecule has 0 radical (unpaired) electrons. The summed E-state index contributed by atoms with van der Waals surface area (Å²) >= 11 is 6.32. The minimum atomic E-state index is -0.183. The van der Waals surface area contributed by atoms with Crippen LogP contribution < -0.4 is 4.90 Å². The molecule has 0 saturated carbocycles. The molecule has 0 spiro atoms. The van der Waals surface area contributed by atoms with E-state index in [1.54, 1.807) is 6.20 Å². The fourth-order valence-electron chi connectivity index (χ4n) is 3.78. The number of hydrogen-bond acceptors (Lipinski definition) is 4. The third-order valence-electron chi connectivity index (χ3n) is 5.43. The van der Waals surface area contributed by atoms with Crippen molar-refractivity contribution in [3.8, 4) is 11.3 Å². The van der Waals surface area contributed by atoms with Crippen LogP contribution in [0.25, 0.3) is 11.3 Å². The van der Waals surface area contributed by atoms with E-state index in [2.05, 4.69) is 20.1 Å². The van der Waals surface area contributed by atoms with E-state index in [0.29, 0.717) is 0 Å². The van der Waals surface area contributed by atoms with Gasteiger partial charge in [0, 0.05) is 44.0 Å². The zero-order valence-electron chi connectivity index (χ0n) is 16.3. The monoisotopic (exact) mass is 413 g/mol. The first kappa shape index (κ1) is 19.9. The molecule has 1 fully saturated rings. The lowest BCUT2D eigenvalue weighted by atomic mass is 10.1. The average molecular weight is 414 g/mol. The van der Waals surface area contributed by atoms with Crippen molar-refractivity contribution in [2.75, 3.05) is 37.6 Å². The van der Waals surface area contributed by atoms with Crippen LogP contribution in [0, 0.1) is 5.82 Å².